The minimum absolute atomic E-state index is 0.0882. The summed E-state index contributed by atoms with van der Waals surface area (Å²) in [5.74, 6) is -0.914. The molecule has 0 fully saturated rings. The third-order valence-electron chi connectivity index (χ3n) is 2.61. The lowest BCUT2D eigenvalue weighted by Crippen LogP contribution is -2.14. The molecule has 1 aromatic rings. The SMILES string of the molecule is CSCC(C)C(O)c1ccc(F)c(C(F)(F)F)c1. The molecule has 0 aromatic heterocycles. The molecule has 0 amide bonds. The monoisotopic (exact) mass is 282 g/mol. The maximum Gasteiger partial charge on any atom is 0.419 e. The topological polar surface area (TPSA) is 20.2 Å². The van der Waals surface area contributed by atoms with Crippen molar-refractivity contribution in [2.45, 2.75) is 19.2 Å². The molecule has 0 aliphatic carbocycles. The lowest BCUT2D eigenvalue weighted by molar-refractivity contribution is -0.140. The highest BCUT2D eigenvalue weighted by Crippen LogP contribution is 2.34. The van der Waals surface area contributed by atoms with Crippen LogP contribution >= 0.6 is 11.8 Å². The van der Waals surface area contributed by atoms with Crippen LogP contribution in [0.1, 0.15) is 24.2 Å². The molecule has 0 aliphatic rings. The molecule has 0 saturated heterocycles. The first-order valence-corrected chi connectivity index (χ1v) is 6.70. The van der Waals surface area contributed by atoms with E-state index in [1.807, 2.05) is 6.26 Å². The van der Waals surface area contributed by atoms with Gasteiger partial charge >= 0.3 is 6.18 Å². The van der Waals surface area contributed by atoms with Crippen molar-refractivity contribution in [3.8, 4) is 0 Å². The van der Waals surface area contributed by atoms with Gasteiger partial charge < -0.3 is 5.11 Å². The van der Waals surface area contributed by atoms with Gasteiger partial charge in [0.05, 0.1) is 11.7 Å². The average Bonchev–Trinajstić information content (AvgIpc) is 2.27. The molecule has 0 spiro atoms. The van der Waals surface area contributed by atoms with Crippen LogP contribution in [-0.4, -0.2) is 17.1 Å². The Labute approximate surface area is 107 Å². The van der Waals surface area contributed by atoms with Crippen LogP contribution in [0.4, 0.5) is 17.6 Å². The zero-order chi connectivity index (χ0) is 13.9. The van der Waals surface area contributed by atoms with E-state index in [2.05, 4.69) is 0 Å². The van der Waals surface area contributed by atoms with Crippen molar-refractivity contribution in [2.75, 3.05) is 12.0 Å². The number of halogens is 4. The van der Waals surface area contributed by atoms with E-state index in [1.165, 1.54) is 17.8 Å². The molecule has 1 rings (SSSR count). The number of aliphatic hydroxyl groups excluding tert-OH is 1. The molecule has 0 aliphatic heterocycles. The van der Waals surface area contributed by atoms with Gasteiger partial charge in [-0.25, -0.2) is 4.39 Å². The van der Waals surface area contributed by atoms with Crippen molar-refractivity contribution in [2.24, 2.45) is 5.92 Å². The third-order valence-corrected chi connectivity index (χ3v) is 3.47. The fourth-order valence-corrected chi connectivity index (χ4v) is 2.33. The summed E-state index contributed by atoms with van der Waals surface area (Å²) in [6.45, 7) is 1.73. The predicted octanol–water partition coefficient (Wildman–Crippen LogP) is 3.88. The first-order chi connectivity index (χ1) is 8.27. The van der Waals surface area contributed by atoms with Crippen LogP contribution < -0.4 is 0 Å². The van der Waals surface area contributed by atoms with Gasteiger partial charge in [-0.1, -0.05) is 13.0 Å². The summed E-state index contributed by atoms with van der Waals surface area (Å²) in [5.41, 5.74) is -1.25. The van der Waals surface area contributed by atoms with Crippen LogP contribution in [0.2, 0.25) is 0 Å². The van der Waals surface area contributed by atoms with Crippen LogP contribution in [0.3, 0.4) is 0 Å². The van der Waals surface area contributed by atoms with Crippen LogP contribution in [0.5, 0.6) is 0 Å². The number of alkyl halides is 3. The van der Waals surface area contributed by atoms with E-state index >= 15 is 0 Å². The smallest absolute Gasteiger partial charge is 0.388 e. The average molecular weight is 282 g/mol. The molecule has 1 N–H and O–H groups in total. The second kappa shape index (κ2) is 5.93. The molecule has 0 radical (unpaired) electrons. The van der Waals surface area contributed by atoms with E-state index in [9.17, 15) is 22.7 Å². The first-order valence-electron chi connectivity index (χ1n) is 5.31. The van der Waals surface area contributed by atoms with Gasteiger partial charge in [0.15, 0.2) is 0 Å². The summed E-state index contributed by atoms with van der Waals surface area (Å²) in [7, 11) is 0. The number of hydrogen-bond donors (Lipinski definition) is 1. The van der Waals surface area contributed by atoms with Crippen molar-refractivity contribution in [3.05, 3.63) is 35.1 Å². The highest BCUT2D eigenvalue weighted by Gasteiger charge is 2.34. The summed E-state index contributed by atoms with van der Waals surface area (Å²) in [6, 6.07) is 2.61. The molecule has 1 aromatic carbocycles. The van der Waals surface area contributed by atoms with Crippen LogP contribution in [0.15, 0.2) is 18.2 Å². The van der Waals surface area contributed by atoms with Crippen molar-refractivity contribution >= 4 is 11.8 Å². The Hall–Kier alpha value is -0.750. The van der Waals surface area contributed by atoms with Gasteiger partial charge in [0.25, 0.3) is 0 Å². The van der Waals surface area contributed by atoms with E-state index in [0.717, 1.165) is 6.07 Å². The quantitative estimate of drug-likeness (QED) is 0.846. The predicted molar refractivity (Wildman–Crippen MR) is 63.9 cm³/mol. The van der Waals surface area contributed by atoms with Crippen molar-refractivity contribution in [1.29, 1.82) is 0 Å². The molecule has 6 heteroatoms. The largest absolute Gasteiger partial charge is 0.419 e. The maximum atomic E-state index is 13.1. The summed E-state index contributed by atoms with van der Waals surface area (Å²) < 4.78 is 50.6. The minimum Gasteiger partial charge on any atom is -0.388 e. The Morgan fingerprint density at radius 3 is 2.44 bits per heavy atom. The van der Waals surface area contributed by atoms with Gasteiger partial charge in [-0.3, -0.25) is 0 Å². The molecular weight excluding hydrogens is 268 g/mol. The standard InChI is InChI=1S/C12H14F4OS/c1-7(6-18-2)11(17)8-3-4-10(13)9(5-8)12(14,15)16/h3-5,7,11,17H,6H2,1-2H3. The zero-order valence-corrected chi connectivity index (χ0v) is 10.8. The van der Waals surface area contributed by atoms with E-state index in [4.69, 9.17) is 0 Å². The van der Waals surface area contributed by atoms with Crippen LogP contribution in [0.25, 0.3) is 0 Å². The molecule has 18 heavy (non-hydrogen) atoms. The van der Waals surface area contributed by atoms with Crippen molar-refractivity contribution in [1.82, 2.24) is 0 Å². The number of aliphatic hydroxyl groups is 1. The van der Waals surface area contributed by atoms with Gasteiger partial charge in [-0.05, 0) is 35.6 Å². The van der Waals surface area contributed by atoms with Crippen LogP contribution in [-0.2, 0) is 6.18 Å². The molecular formula is C12H14F4OS. The Morgan fingerprint density at radius 1 is 1.33 bits per heavy atom. The molecule has 0 heterocycles. The second-order valence-corrected chi connectivity index (χ2v) is 5.03. The van der Waals surface area contributed by atoms with E-state index < -0.39 is 23.7 Å². The summed E-state index contributed by atoms with van der Waals surface area (Å²) >= 11 is 1.49. The zero-order valence-electron chi connectivity index (χ0n) is 9.96. The summed E-state index contributed by atoms with van der Waals surface area (Å²) in [6.07, 6.45) is -3.93. The van der Waals surface area contributed by atoms with E-state index in [1.54, 1.807) is 6.92 Å². The van der Waals surface area contributed by atoms with Crippen molar-refractivity contribution < 1.29 is 22.7 Å². The molecule has 2 atom stereocenters. The first kappa shape index (κ1) is 15.3. The molecule has 2 unspecified atom stereocenters. The molecule has 0 bridgehead atoms. The van der Waals surface area contributed by atoms with Gasteiger partial charge in [-0.15, -0.1) is 0 Å². The Morgan fingerprint density at radius 2 is 1.94 bits per heavy atom. The third kappa shape index (κ3) is 3.62. The molecule has 0 saturated carbocycles. The normalized spacial score (nSPS) is 15.5. The lowest BCUT2D eigenvalue weighted by atomic mass is 9.97. The van der Waals surface area contributed by atoms with Gasteiger partial charge in [-0.2, -0.15) is 24.9 Å². The van der Waals surface area contributed by atoms with Gasteiger partial charge in [0.1, 0.15) is 5.82 Å². The Kier molecular flexibility index (Phi) is 5.04. The number of benzene rings is 1. The highest BCUT2D eigenvalue weighted by atomic mass is 32.2. The van der Waals surface area contributed by atoms with E-state index in [-0.39, 0.29) is 11.5 Å². The lowest BCUT2D eigenvalue weighted by Gasteiger charge is -2.19. The number of thioether (sulfide) groups is 1. The van der Waals surface area contributed by atoms with Gasteiger partial charge in [0.2, 0.25) is 0 Å². The van der Waals surface area contributed by atoms with E-state index in [0.29, 0.717) is 11.8 Å². The summed E-state index contributed by atoms with van der Waals surface area (Å²) in [5, 5.41) is 9.90. The number of hydrogen-bond acceptors (Lipinski definition) is 2. The number of rotatable bonds is 4. The van der Waals surface area contributed by atoms with Gasteiger partial charge in [0, 0.05) is 0 Å². The second-order valence-electron chi connectivity index (χ2n) is 4.11. The fourth-order valence-electron chi connectivity index (χ4n) is 1.63. The Balaban J connectivity index is 3.05. The highest BCUT2D eigenvalue weighted by molar-refractivity contribution is 7.98. The molecule has 1 nitrogen and oxygen atoms in total. The van der Waals surface area contributed by atoms with Crippen molar-refractivity contribution in [3.63, 3.8) is 0 Å². The molecule has 102 valence electrons. The maximum absolute atomic E-state index is 13.1. The fraction of sp³-hybridized carbons (Fsp3) is 0.500. The minimum atomic E-state index is -4.75. The summed E-state index contributed by atoms with van der Waals surface area (Å²) in [4.78, 5) is 0. The Bertz CT molecular complexity index is 406. The van der Waals surface area contributed by atoms with Crippen LogP contribution in [0, 0.1) is 11.7 Å².